The highest BCUT2D eigenvalue weighted by Crippen LogP contribution is 2.39. The maximum Gasteiger partial charge on any atom is 0.226 e. The molecule has 2 fully saturated rings. The van der Waals surface area contributed by atoms with E-state index in [0.29, 0.717) is 23.8 Å². The van der Waals surface area contributed by atoms with E-state index >= 15 is 0 Å². The molecule has 0 aromatic heterocycles. The van der Waals surface area contributed by atoms with E-state index in [2.05, 4.69) is 39.7 Å². The number of halogens is 1. The van der Waals surface area contributed by atoms with Crippen molar-refractivity contribution in [2.24, 2.45) is 11.8 Å². The molecule has 0 aromatic carbocycles. The average molecular weight is 275 g/mol. The molecule has 1 amide bonds. The fourth-order valence-corrected chi connectivity index (χ4v) is 2.87. The maximum absolute atomic E-state index is 12.1. The summed E-state index contributed by atoms with van der Waals surface area (Å²) in [5.41, 5.74) is 0. The number of amides is 1. The SMILES string of the molecule is CC1CC1C(=O)N1CCN(C)CC1CBr. The Hall–Kier alpha value is -0.0900. The lowest BCUT2D eigenvalue weighted by Gasteiger charge is -2.39. The van der Waals surface area contributed by atoms with Crippen LogP contribution in [0.2, 0.25) is 0 Å². The Bertz CT molecular complexity index is 259. The first-order chi connectivity index (χ1) is 7.13. The molecule has 3 unspecified atom stereocenters. The lowest BCUT2D eigenvalue weighted by Crippen LogP contribution is -2.55. The van der Waals surface area contributed by atoms with Crippen LogP contribution in [0.15, 0.2) is 0 Å². The zero-order valence-corrected chi connectivity index (χ0v) is 11.0. The molecule has 0 N–H and O–H groups in total. The van der Waals surface area contributed by atoms with Gasteiger partial charge in [0, 0.05) is 30.9 Å². The van der Waals surface area contributed by atoms with Crippen molar-refractivity contribution in [3.05, 3.63) is 0 Å². The third-order valence-corrected chi connectivity index (χ3v) is 4.32. The molecule has 2 aliphatic rings. The Labute approximate surface area is 99.9 Å². The van der Waals surface area contributed by atoms with Crippen LogP contribution in [0.5, 0.6) is 0 Å². The van der Waals surface area contributed by atoms with Crippen LogP contribution in [-0.2, 0) is 4.79 Å². The first kappa shape index (κ1) is 11.4. The van der Waals surface area contributed by atoms with Crippen LogP contribution in [0, 0.1) is 11.8 Å². The Morgan fingerprint density at radius 1 is 1.47 bits per heavy atom. The molecule has 3 atom stereocenters. The van der Waals surface area contributed by atoms with E-state index in [9.17, 15) is 4.79 Å². The number of hydrogen-bond acceptors (Lipinski definition) is 2. The van der Waals surface area contributed by atoms with Crippen LogP contribution >= 0.6 is 15.9 Å². The number of likely N-dealkylation sites (N-methyl/N-ethyl adjacent to an activating group) is 1. The normalized spacial score (nSPS) is 36.7. The summed E-state index contributed by atoms with van der Waals surface area (Å²) in [6, 6.07) is 0.365. The van der Waals surface area contributed by atoms with Gasteiger partial charge < -0.3 is 9.80 Å². The van der Waals surface area contributed by atoms with E-state index in [4.69, 9.17) is 0 Å². The summed E-state index contributed by atoms with van der Waals surface area (Å²) in [5, 5.41) is 0.893. The molecule has 4 heteroatoms. The molecule has 3 nitrogen and oxygen atoms in total. The quantitative estimate of drug-likeness (QED) is 0.707. The van der Waals surface area contributed by atoms with Gasteiger partial charge in [0.15, 0.2) is 0 Å². The zero-order valence-electron chi connectivity index (χ0n) is 9.45. The Morgan fingerprint density at radius 2 is 2.13 bits per heavy atom. The second kappa shape index (κ2) is 4.42. The minimum Gasteiger partial charge on any atom is -0.336 e. The Morgan fingerprint density at radius 3 is 2.67 bits per heavy atom. The van der Waals surface area contributed by atoms with Crippen LogP contribution in [-0.4, -0.2) is 53.8 Å². The molecule has 1 aliphatic carbocycles. The lowest BCUT2D eigenvalue weighted by atomic mass is 10.1. The van der Waals surface area contributed by atoms with Gasteiger partial charge in [-0.3, -0.25) is 4.79 Å². The van der Waals surface area contributed by atoms with Crippen molar-refractivity contribution in [1.29, 1.82) is 0 Å². The van der Waals surface area contributed by atoms with Gasteiger partial charge >= 0.3 is 0 Å². The van der Waals surface area contributed by atoms with Crippen molar-refractivity contribution in [1.82, 2.24) is 9.80 Å². The number of piperazine rings is 1. The molecule has 0 aromatic rings. The molecule has 1 saturated heterocycles. The van der Waals surface area contributed by atoms with Gasteiger partial charge in [0.1, 0.15) is 0 Å². The van der Waals surface area contributed by atoms with Crippen LogP contribution < -0.4 is 0 Å². The van der Waals surface area contributed by atoms with Crippen molar-refractivity contribution < 1.29 is 4.79 Å². The number of rotatable bonds is 2. The summed E-state index contributed by atoms with van der Waals surface area (Å²) in [6.45, 7) is 5.07. The molecule has 86 valence electrons. The van der Waals surface area contributed by atoms with Crippen molar-refractivity contribution in [2.75, 3.05) is 32.0 Å². The topological polar surface area (TPSA) is 23.6 Å². The molecular weight excluding hydrogens is 256 g/mol. The van der Waals surface area contributed by atoms with E-state index < -0.39 is 0 Å². The van der Waals surface area contributed by atoms with E-state index in [1.54, 1.807) is 0 Å². The fourth-order valence-electron chi connectivity index (χ4n) is 2.31. The predicted octanol–water partition coefficient (Wildman–Crippen LogP) is 1.18. The number of hydrogen-bond donors (Lipinski definition) is 0. The van der Waals surface area contributed by atoms with Gasteiger partial charge in [-0.25, -0.2) is 0 Å². The Kier molecular flexibility index (Phi) is 3.36. The molecule has 0 radical (unpaired) electrons. The summed E-state index contributed by atoms with van der Waals surface area (Å²) in [6.07, 6.45) is 1.10. The first-order valence-electron chi connectivity index (χ1n) is 5.68. The molecule has 1 aliphatic heterocycles. The first-order valence-corrected chi connectivity index (χ1v) is 6.80. The standard InChI is InChI=1S/C11H19BrN2O/c1-8-5-10(8)11(15)14-4-3-13(2)7-9(14)6-12/h8-10H,3-7H2,1-2H3. The number of nitrogens with zero attached hydrogens (tertiary/aromatic N) is 2. The van der Waals surface area contributed by atoms with Gasteiger partial charge in [0.25, 0.3) is 0 Å². The van der Waals surface area contributed by atoms with Gasteiger partial charge in [-0.15, -0.1) is 0 Å². The van der Waals surface area contributed by atoms with Crippen LogP contribution in [0.3, 0.4) is 0 Å². The molecule has 1 saturated carbocycles. The van der Waals surface area contributed by atoms with Crippen LogP contribution in [0.25, 0.3) is 0 Å². The summed E-state index contributed by atoms with van der Waals surface area (Å²) in [7, 11) is 2.12. The third kappa shape index (κ3) is 2.36. The molecule has 15 heavy (non-hydrogen) atoms. The summed E-state index contributed by atoms with van der Waals surface area (Å²) >= 11 is 3.51. The molecule has 0 spiro atoms. The van der Waals surface area contributed by atoms with E-state index in [0.717, 1.165) is 31.4 Å². The largest absolute Gasteiger partial charge is 0.336 e. The van der Waals surface area contributed by atoms with Gasteiger partial charge in [0.2, 0.25) is 5.91 Å². The van der Waals surface area contributed by atoms with Crippen molar-refractivity contribution in [3.63, 3.8) is 0 Å². The second-order valence-electron chi connectivity index (χ2n) is 4.92. The number of alkyl halides is 1. The van der Waals surface area contributed by atoms with Crippen molar-refractivity contribution in [2.45, 2.75) is 19.4 Å². The minimum atomic E-state index is 0.329. The van der Waals surface area contributed by atoms with Crippen molar-refractivity contribution >= 4 is 21.8 Å². The van der Waals surface area contributed by atoms with Gasteiger partial charge in [-0.2, -0.15) is 0 Å². The van der Waals surface area contributed by atoms with Crippen molar-refractivity contribution in [3.8, 4) is 0 Å². The van der Waals surface area contributed by atoms with E-state index in [1.807, 2.05) is 0 Å². The van der Waals surface area contributed by atoms with Crippen LogP contribution in [0.4, 0.5) is 0 Å². The fraction of sp³-hybridized carbons (Fsp3) is 0.909. The highest BCUT2D eigenvalue weighted by Gasteiger charge is 2.43. The third-order valence-electron chi connectivity index (χ3n) is 3.57. The Balaban J connectivity index is 1.97. The highest BCUT2D eigenvalue weighted by molar-refractivity contribution is 9.09. The van der Waals surface area contributed by atoms with Gasteiger partial charge in [0.05, 0.1) is 6.04 Å². The predicted molar refractivity (Wildman–Crippen MR) is 64.1 cm³/mol. The minimum absolute atomic E-state index is 0.329. The van der Waals surface area contributed by atoms with E-state index in [-0.39, 0.29) is 0 Å². The van der Waals surface area contributed by atoms with Crippen LogP contribution in [0.1, 0.15) is 13.3 Å². The zero-order chi connectivity index (χ0) is 11.0. The average Bonchev–Trinajstić information content (AvgIpc) is 2.94. The maximum atomic E-state index is 12.1. The van der Waals surface area contributed by atoms with Gasteiger partial charge in [-0.1, -0.05) is 22.9 Å². The summed E-state index contributed by atoms with van der Waals surface area (Å²) in [4.78, 5) is 16.5. The number of carbonyl (C=O) groups excluding carboxylic acids is 1. The molecule has 1 heterocycles. The van der Waals surface area contributed by atoms with Gasteiger partial charge in [-0.05, 0) is 19.4 Å². The monoisotopic (exact) mass is 274 g/mol. The summed E-state index contributed by atoms with van der Waals surface area (Å²) in [5.74, 6) is 1.34. The molecule has 0 bridgehead atoms. The molecular formula is C11H19BrN2O. The second-order valence-corrected chi connectivity index (χ2v) is 5.57. The lowest BCUT2D eigenvalue weighted by molar-refractivity contribution is -0.136. The summed E-state index contributed by atoms with van der Waals surface area (Å²) < 4.78 is 0. The van der Waals surface area contributed by atoms with E-state index in [1.165, 1.54) is 0 Å². The smallest absolute Gasteiger partial charge is 0.226 e. The molecule has 2 rings (SSSR count). The number of carbonyl (C=O) groups is 1. The highest BCUT2D eigenvalue weighted by atomic mass is 79.9.